The zero-order chi connectivity index (χ0) is 25.0. The summed E-state index contributed by atoms with van der Waals surface area (Å²) in [6.07, 6.45) is 7.26. The summed E-state index contributed by atoms with van der Waals surface area (Å²) in [5, 5.41) is 15.5. The second kappa shape index (κ2) is 13.1. The number of benzene rings is 2. The SMILES string of the molecule is CCCCCNC(=O)N(C)c1cccc(-c2ccc(CCC(=O)O)cc2NCc2cccnc2)c1. The Morgan fingerprint density at radius 2 is 1.89 bits per heavy atom. The molecule has 0 unspecified atom stereocenters. The summed E-state index contributed by atoms with van der Waals surface area (Å²) in [6, 6.07) is 17.6. The Labute approximate surface area is 207 Å². The van der Waals surface area contributed by atoms with Crippen LogP contribution in [0.4, 0.5) is 16.2 Å². The van der Waals surface area contributed by atoms with Crippen LogP contribution in [-0.4, -0.2) is 35.7 Å². The molecule has 3 rings (SSSR count). The normalized spacial score (nSPS) is 10.6. The molecular formula is C28H34N4O3. The number of aliphatic carboxylic acids is 1. The molecule has 2 amide bonds. The van der Waals surface area contributed by atoms with Crippen molar-refractivity contribution in [3.8, 4) is 11.1 Å². The standard InChI is InChI=1S/C28H34N4O3/c1-3-4-5-16-30-28(35)32(2)24-10-6-9-23(18-24)25-13-11-21(12-14-27(33)34)17-26(25)31-20-22-8-7-15-29-19-22/h6-11,13,15,17-19,31H,3-5,12,14,16,20H2,1-2H3,(H,30,35)(H,33,34). The summed E-state index contributed by atoms with van der Waals surface area (Å²) < 4.78 is 0. The van der Waals surface area contributed by atoms with E-state index in [2.05, 4.69) is 22.5 Å². The Morgan fingerprint density at radius 3 is 2.63 bits per heavy atom. The van der Waals surface area contributed by atoms with Gasteiger partial charge in [-0.3, -0.25) is 14.7 Å². The van der Waals surface area contributed by atoms with Crippen molar-refractivity contribution in [2.45, 2.75) is 45.6 Å². The van der Waals surface area contributed by atoms with Gasteiger partial charge < -0.3 is 15.7 Å². The number of hydrogen-bond acceptors (Lipinski definition) is 4. The smallest absolute Gasteiger partial charge is 0.321 e. The number of rotatable bonds is 12. The molecule has 1 heterocycles. The zero-order valence-corrected chi connectivity index (χ0v) is 20.5. The number of unbranched alkanes of at least 4 members (excludes halogenated alkanes) is 2. The minimum Gasteiger partial charge on any atom is -0.481 e. The van der Waals surface area contributed by atoms with Crippen LogP contribution in [0.25, 0.3) is 11.1 Å². The van der Waals surface area contributed by atoms with Crippen molar-refractivity contribution in [1.29, 1.82) is 0 Å². The van der Waals surface area contributed by atoms with E-state index < -0.39 is 5.97 Å². The quantitative estimate of drug-likeness (QED) is 0.292. The second-order valence-corrected chi connectivity index (χ2v) is 8.54. The molecule has 0 saturated heterocycles. The maximum atomic E-state index is 12.6. The average Bonchev–Trinajstić information content (AvgIpc) is 2.89. The van der Waals surface area contributed by atoms with E-state index in [4.69, 9.17) is 5.11 Å². The molecule has 1 aromatic heterocycles. The van der Waals surface area contributed by atoms with Crippen molar-refractivity contribution in [3.05, 3.63) is 78.1 Å². The monoisotopic (exact) mass is 474 g/mol. The lowest BCUT2D eigenvalue weighted by Gasteiger charge is -2.20. The maximum absolute atomic E-state index is 12.6. The third kappa shape index (κ3) is 7.84. The van der Waals surface area contributed by atoms with E-state index >= 15 is 0 Å². The molecule has 7 heteroatoms. The fourth-order valence-electron chi connectivity index (χ4n) is 3.78. The predicted molar refractivity (Wildman–Crippen MR) is 141 cm³/mol. The van der Waals surface area contributed by atoms with Gasteiger partial charge in [0.25, 0.3) is 0 Å². The van der Waals surface area contributed by atoms with Gasteiger partial charge in [0.2, 0.25) is 0 Å². The summed E-state index contributed by atoms with van der Waals surface area (Å²) in [6.45, 7) is 3.39. The van der Waals surface area contributed by atoms with E-state index in [1.807, 2.05) is 60.8 Å². The lowest BCUT2D eigenvalue weighted by atomic mass is 9.99. The van der Waals surface area contributed by atoms with Crippen molar-refractivity contribution in [2.24, 2.45) is 0 Å². The van der Waals surface area contributed by atoms with Crippen LogP contribution in [0.5, 0.6) is 0 Å². The molecule has 7 nitrogen and oxygen atoms in total. The van der Waals surface area contributed by atoms with E-state index in [0.29, 0.717) is 19.5 Å². The Balaban J connectivity index is 1.83. The molecule has 2 aromatic carbocycles. The molecule has 0 aliphatic rings. The lowest BCUT2D eigenvalue weighted by molar-refractivity contribution is -0.136. The number of hydrogen-bond donors (Lipinski definition) is 3. The molecule has 3 N–H and O–H groups in total. The highest BCUT2D eigenvalue weighted by atomic mass is 16.4. The predicted octanol–water partition coefficient (Wildman–Crippen LogP) is 5.71. The fraction of sp³-hybridized carbons (Fsp3) is 0.321. The van der Waals surface area contributed by atoms with Crippen LogP contribution < -0.4 is 15.5 Å². The van der Waals surface area contributed by atoms with Crippen molar-refractivity contribution >= 4 is 23.4 Å². The number of aromatic nitrogens is 1. The van der Waals surface area contributed by atoms with E-state index in [1.165, 1.54) is 0 Å². The number of carboxylic acids is 1. The van der Waals surface area contributed by atoms with Crippen molar-refractivity contribution < 1.29 is 14.7 Å². The van der Waals surface area contributed by atoms with Gasteiger partial charge >= 0.3 is 12.0 Å². The van der Waals surface area contributed by atoms with Gasteiger partial charge in [-0.05, 0) is 53.8 Å². The van der Waals surface area contributed by atoms with Crippen LogP contribution in [0.2, 0.25) is 0 Å². The first kappa shape index (κ1) is 25.7. The fourth-order valence-corrected chi connectivity index (χ4v) is 3.78. The second-order valence-electron chi connectivity index (χ2n) is 8.54. The molecule has 3 aromatic rings. The van der Waals surface area contributed by atoms with Gasteiger partial charge in [0.1, 0.15) is 0 Å². The van der Waals surface area contributed by atoms with Gasteiger partial charge in [0.15, 0.2) is 0 Å². The third-order valence-electron chi connectivity index (χ3n) is 5.82. The van der Waals surface area contributed by atoms with Gasteiger partial charge in [0, 0.05) is 55.9 Å². The Kier molecular flexibility index (Phi) is 9.66. The zero-order valence-electron chi connectivity index (χ0n) is 20.5. The number of carbonyl (C=O) groups excluding carboxylic acids is 1. The first-order valence-corrected chi connectivity index (χ1v) is 12.1. The van der Waals surface area contributed by atoms with Gasteiger partial charge in [-0.1, -0.05) is 50.1 Å². The summed E-state index contributed by atoms with van der Waals surface area (Å²) in [5.74, 6) is -0.817. The Hall–Kier alpha value is -3.87. The van der Waals surface area contributed by atoms with Crippen molar-refractivity contribution in [3.63, 3.8) is 0 Å². The summed E-state index contributed by atoms with van der Waals surface area (Å²) >= 11 is 0. The minimum atomic E-state index is -0.817. The van der Waals surface area contributed by atoms with Gasteiger partial charge in [-0.25, -0.2) is 4.79 Å². The summed E-state index contributed by atoms with van der Waals surface area (Å²) in [7, 11) is 1.77. The summed E-state index contributed by atoms with van der Waals surface area (Å²) in [5.41, 5.74) is 5.63. The van der Waals surface area contributed by atoms with Crippen LogP contribution in [0.3, 0.4) is 0 Å². The van der Waals surface area contributed by atoms with Gasteiger partial charge in [0.05, 0.1) is 0 Å². The highest BCUT2D eigenvalue weighted by Crippen LogP contribution is 2.32. The Bertz CT molecular complexity index is 1120. The first-order valence-electron chi connectivity index (χ1n) is 12.1. The molecular weight excluding hydrogens is 440 g/mol. The number of nitrogens with zero attached hydrogens (tertiary/aromatic N) is 2. The number of nitrogens with one attached hydrogen (secondary N) is 2. The average molecular weight is 475 g/mol. The number of amides is 2. The van der Waals surface area contributed by atoms with E-state index in [-0.39, 0.29) is 12.5 Å². The van der Waals surface area contributed by atoms with Gasteiger partial charge in [-0.2, -0.15) is 0 Å². The molecule has 0 fully saturated rings. The van der Waals surface area contributed by atoms with Crippen LogP contribution in [0.15, 0.2) is 67.0 Å². The van der Waals surface area contributed by atoms with Crippen molar-refractivity contribution in [1.82, 2.24) is 10.3 Å². The van der Waals surface area contributed by atoms with E-state index in [9.17, 15) is 9.59 Å². The van der Waals surface area contributed by atoms with Gasteiger partial charge in [-0.15, -0.1) is 0 Å². The third-order valence-corrected chi connectivity index (χ3v) is 5.82. The molecule has 0 spiro atoms. The topological polar surface area (TPSA) is 94.6 Å². The van der Waals surface area contributed by atoms with E-state index in [0.717, 1.165) is 52.9 Å². The molecule has 184 valence electrons. The number of pyridine rings is 1. The van der Waals surface area contributed by atoms with Crippen LogP contribution in [0, 0.1) is 0 Å². The molecule has 0 aliphatic heterocycles. The minimum absolute atomic E-state index is 0.0784. The molecule has 0 bridgehead atoms. The number of aryl methyl sites for hydroxylation is 1. The van der Waals surface area contributed by atoms with Crippen LogP contribution in [0.1, 0.15) is 43.7 Å². The van der Waals surface area contributed by atoms with E-state index in [1.54, 1.807) is 18.1 Å². The first-order chi connectivity index (χ1) is 17.0. The highest BCUT2D eigenvalue weighted by molar-refractivity contribution is 5.92. The number of carbonyl (C=O) groups is 2. The molecule has 0 aliphatic carbocycles. The maximum Gasteiger partial charge on any atom is 0.321 e. The number of urea groups is 1. The number of carboxylic acid groups (broad SMARTS) is 1. The molecule has 0 radical (unpaired) electrons. The Morgan fingerprint density at radius 1 is 1.03 bits per heavy atom. The largest absolute Gasteiger partial charge is 0.481 e. The lowest BCUT2D eigenvalue weighted by Crippen LogP contribution is -2.37. The number of anilines is 2. The van der Waals surface area contributed by atoms with Crippen LogP contribution >= 0.6 is 0 Å². The molecule has 35 heavy (non-hydrogen) atoms. The van der Waals surface area contributed by atoms with Crippen LogP contribution in [-0.2, 0) is 17.8 Å². The summed E-state index contributed by atoms with van der Waals surface area (Å²) in [4.78, 5) is 29.5. The van der Waals surface area contributed by atoms with Crippen molar-refractivity contribution in [2.75, 3.05) is 23.8 Å². The highest BCUT2D eigenvalue weighted by Gasteiger charge is 2.13. The molecule has 0 atom stereocenters. The molecule has 0 saturated carbocycles.